The van der Waals surface area contributed by atoms with Gasteiger partial charge in [-0.25, -0.2) is 9.98 Å². The molecule has 0 saturated carbocycles. The number of amides is 1. The lowest BCUT2D eigenvalue weighted by Gasteiger charge is -2.11. The van der Waals surface area contributed by atoms with Gasteiger partial charge in [-0.05, 0) is 6.07 Å². The summed E-state index contributed by atoms with van der Waals surface area (Å²) in [5.41, 5.74) is 3.05. The maximum Gasteiger partial charge on any atom is 0.317 e. The molecule has 2 N–H and O–H groups in total. The minimum absolute atomic E-state index is 0.0282. The Morgan fingerprint density at radius 3 is 2.52 bits per heavy atom. The van der Waals surface area contributed by atoms with Crippen LogP contribution in [0.2, 0.25) is 0 Å². The van der Waals surface area contributed by atoms with E-state index in [9.17, 15) is 4.79 Å². The van der Waals surface area contributed by atoms with Crippen molar-refractivity contribution in [2.45, 2.75) is 20.0 Å². The van der Waals surface area contributed by atoms with Gasteiger partial charge in [0.05, 0.1) is 17.6 Å². The van der Waals surface area contributed by atoms with Gasteiger partial charge in [0.15, 0.2) is 0 Å². The number of aromatic nitrogens is 3. The number of hydrogen-bond acceptors (Lipinski definition) is 8. The first kappa shape index (κ1) is 20.0. The van der Waals surface area contributed by atoms with E-state index < -0.39 is 6.17 Å². The summed E-state index contributed by atoms with van der Waals surface area (Å²) in [5, 5.41) is 13.5. The molecule has 0 aliphatic carbocycles. The number of oxazole rings is 1. The number of nitrogens with zero attached hydrogens (tertiary/aromatic N) is 4. The summed E-state index contributed by atoms with van der Waals surface area (Å²) >= 11 is 0. The number of fused-ring (bicyclic) bond motifs is 1. The highest BCUT2D eigenvalue weighted by molar-refractivity contribution is 6.19. The predicted octanol–water partition coefficient (Wildman–Crippen LogP) is 3.98. The zero-order valence-corrected chi connectivity index (χ0v) is 16.9. The third kappa shape index (κ3) is 4.20. The Morgan fingerprint density at radius 1 is 0.968 bits per heavy atom. The SMILES string of the molecule is CC.O=C1Nc2ccccc2C(c2ccccc2)=NC1Nc1nnc(-c2ncco2)o1. The van der Waals surface area contributed by atoms with E-state index in [1.807, 2.05) is 68.4 Å². The molecule has 1 aliphatic heterocycles. The smallest absolute Gasteiger partial charge is 0.317 e. The van der Waals surface area contributed by atoms with Crippen LogP contribution in [0.5, 0.6) is 0 Å². The van der Waals surface area contributed by atoms with E-state index in [-0.39, 0.29) is 23.7 Å². The number of carbonyl (C=O) groups is 1. The van der Waals surface area contributed by atoms with Crippen LogP contribution in [-0.2, 0) is 4.79 Å². The Morgan fingerprint density at radius 2 is 1.74 bits per heavy atom. The Kier molecular flexibility index (Phi) is 5.84. The largest absolute Gasteiger partial charge is 0.441 e. The average Bonchev–Trinajstić information content (AvgIpc) is 3.49. The summed E-state index contributed by atoms with van der Waals surface area (Å²) in [5.74, 6) is -0.0573. The number of anilines is 2. The summed E-state index contributed by atoms with van der Waals surface area (Å²) in [6.45, 7) is 4.00. The molecular formula is C22H20N6O3. The first-order chi connectivity index (χ1) is 15.3. The van der Waals surface area contributed by atoms with Gasteiger partial charge in [0, 0.05) is 11.1 Å². The lowest BCUT2D eigenvalue weighted by atomic mass is 10.0. The third-order valence-electron chi connectivity index (χ3n) is 4.29. The monoisotopic (exact) mass is 416 g/mol. The Labute approximate surface area is 178 Å². The summed E-state index contributed by atoms with van der Waals surface area (Å²) in [6, 6.07) is 17.2. The molecule has 1 aliphatic rings. The molecule has 3 heterocycles. The third-order valence-corrected chi connectivity index (χ3v) is 4.29. The van der Waals surface area contributed by atoms with Crippen molar-refractivity contribution in [3.8, 4) is 11.8 Å². The molecule has 1 amide bonds. The van der Waals surface area contributed by atoms with Gasteiger partial charge in [-0.1, -0.05) is 67.5 Å². The standard InChI is InChI=1S/C20H14N6O3.C2H6/c27-17-16(24-20-26-25-19(29-20)18-21-10-11-28-18)23-15(12-6-2-1-3-7-12)13-8-4-5-9-14(13)22-17;1-2/h1-11,16H,(H,22,27)(H,24,26);1-2H3. The van der Waals surface area contributed by atoms with Gasteiger partial charge in [-0.15, -0.1) is 5.10 Å². The van der Waals surface area contributed by atoms with Crippen LogP contribution >= 0.6 is 0 Å². The fourth-order valence-electron chi connectivity index (χ4n) is 2.99. The van der Waals surface area contributed by atoms with Crippen molar-refractivity contribution >= 4 is 23.3 Å². The van der Waals surface area contributed by atoms with Gasteiger partial charge in [-0.2, -0.15) is 0 Å². The highest BCUT2D eigenvalue weighted by Crippen LogP contribution is 2.25. The Hall–Kier alpha value is -4.27. The zero-order valence-electron chi connectivity index (χ0n) is 16.9. The highest BCUT2D eigenvalue weighted by atomic mass is 16.4. The number of benzene rings is 2. The van der Waals surface area contributed by atoms with Crippen molar-refractivity contribution in [3.05, 3.63) is 78.2 Å². The Balaban J connectivity index is 0.00000112. The van der Waals surface area contributed by atoms with E-state index in [0.717, 1.165) is 11.1 Å². The molecule has 2 aromatic heterocycles. The van der Waals surface area contributed by atoms with E-state index in [4.69, 9.17) is 8.83 Å². The first-order valence-electron chi connectivity index (χ1n) is 9.81. The fourth-order valence-corrected chi connectivity index (χ4v) is 2.99. The molecule has 0 spiro atoms. The molecule has 1 unspecified atom stereocenters. The summed E-state index contributed by atoms with van der Waals surface area (Å²) in [7, 11) is 0. The number of hydrogen-bond donors (Lipinski definition) is 2. The van der Waals surface area contributed by atoms with E-state index >= 15 is 0 Å². The molecule has 9 heteroatoms. The van der Waals surface area contributed by atoms with Gasteiger partial charge in [0.25, 0.3) is 11.8 Å². The highest BCUT2D eigenvalue weighted by Gasteiger charge is 2.27. The van der Waals surface area contributed by atoms with Crippen LogP contribution in [0.15, 0.2) is 80.9 Å². The van der Waals surface area contributed by atoms with E-state index in [2.05, 4.69) is 30.8 Å². The van der Waals surface area contributed by atoms with E-state index in [0.29, 0.717) is 11.4 Å². The van der Waals surface area contributed by atoms with Crippen LogP contribution in [0.25, 0.3) is 11.8 Å². The molecule has 5 rings (SSSR count). The van der Waals surface area contributed by atoms with Crippen molar-refractivity contribution in [2.75, 3.05) is 10.6 Å². The molecular weight excluding hydrogens is 396 g/mol. The molecule has 0 saturated heterocycles. The van der Waals surface area contributed by atoms with Crippen molar-refractivity contribution in [1.82, 2.24) is 15.2 Å². The molecule has 0 fully saturated rings. The zero-order chi connectivity index (χ0) is 21.6. The van der Waals surface area contributed by atoms with Crippen LogP contribution in [0, 0.1) is 0 Å². The number of aliphatic imine (C=N–C) groups is 1. The van der Waals surface area contributed by atoms with Crippen LogP contribution in [0.4, 0.5) is 11.7 Å². The average molecular weight is 416 g/mol. The molecule has 0 radical (unpaired) electrons. The lowest BCUT2D eigenvalue weighted by Crippen LogP contribution is -2.32. The van der Waals surface area contributed by atoms with Crippen LogP contribution in [-0.4, -0.2) is 33.0 Å². The normalized spacial score (nSPS) is 15.0. The van der Waals surface area contributed by atoms with Crippen molar-refractivity contribution < 1.29 is 13.6 Å². The van der Waals surface area contributed by atoms with Gasteiger partial charge >= 0.3 is 11.9 Å². The molecule has 4 aromatic rings. The van der Waals surface area contributed by atoms with Crippen LogP contribution in [0.3, 0.4) is 0 Å². The number of carbonyl (C=O) groups excluding carboxylic acids is 1. The summed E-state index contributed by atoms with van der Waals surface area (Å²) in [4.78, 5) is 21.4. The minimum Gasteiger partial charge on any atom is -0.441 e. The van der Waals surface area contributed by atoms with E-state index in [1.165, 1.54) is 12.5 Å². The Bertz CT molecular complexity index is 1180. The van der Waals surface area contributed by atoms with Gasteiger partial charge < -0.3 is 19.5 Å². The molecule has 2 aromatic carbocycles. The maximum atomic E-state index is 12.8. The van der Waals surface area contributed by atoms with Crippen molar-refractivity contribution in [2.24, 2.45) is 4.99 Å². The second-order valence-corrected chi connectivity index (χ2v) is 6.18. The summed E-state index contributed by atoms with van der Waals surface area (Å²) in [6.07, 6.45) is 1.90. The molecule has 9 nitrogen and oxygen atoms in total. The van der Waals surface area contributed by atoms with Gasteiger partial charge in [0.1, 0.15) is 6.26 Å². The first-order valence-corrected chi connectivity index (χ1v) is 9.81. The lowest BCUT2D eigenvalue weighted by molar-refractivity contribution is -0.116. The molecule has 1 atom stereocenters. The van der Waals surface area contributed by atoms with Crippen molar-refractivity contribution in [1.29, 1.82) is 0 Å². The van der Waals surface area contributed by atoms with Gasteiger partial charge in [0.2, 0.25) is 6.17 Å². The summed E-state index contributed by atoms with van der Waals surface area (Å²) < 4.78 is 10.6. The van der Waals surface area contributed by atoms with Crippen LogP contribution < -0.4 is 10.6 Å². The predicted molar refractivity (Wildman–Crippen MR) is 116 cm³/mol. The topological polar surface area (TPSA) is 118 Å². The minimum atomic E-state index is -0.976. The second kappa shape index (κ2) is 9.04. The quantitative estimate of drug-likeness (QED) is 0.516. The number of para-hydroxylation sites is 1. The maximum absolute atomic E-state index is 12.8. The van der Waals surface area contributed by atoms with Crippen LogP contribution in [0.1, 0.15) is 25.0 Å². The van der Waals surface area contributed by atoms with E-state index in [1.54, 1.807) is 0 Å². The fraction of sp³-hybridized carbons (Fsp3) is 0.136. The molecule has 0 bridgehead atoms. The number of benzodiazepines with no additional fused rings is 1. The second-order valence-electron chi connectivity index (χ2n) is 6.18. The van der Waals surface area contributed by atoms with Crippen molar-refractivity contribution in [3.63, 3.8) is 0 Å². The van der Waals surface area contributed by atoms with Gasteiger partial charge in [-0.3, -0.25) is 4.79 Å². The molecule has 31 heavy (non-hydrogen) atoms. The number of nitrogens with one attached hydrogen (secondary N) is 2. The number of rotatable bonds is 4. The molecule has 156 valence electrons.